The summed E-state index contributed by atoms with van der Waals surface area (Å²) >= 11 is 6.35. The maximum Gasteiger partial charge on any atom is 0.151 e. The molecule has 1 aliphatic heterocycles. The van der Waals surface area contributed by atoms with Crippen LogP contribution in [0.25, 0.3) is 16.8 Å². The summed E-state index contributed by atoms with van der Waals surface area (Å²) < 4.78 is 30.6. The molecular formula is C17H13ClF2N4. The molecule has 3 aromatic rings. The number of hydrogen-bond donors (Lipinski definition) is 0. The number of aryl methyl sites for hydroxylation is 3. The lowest BCUT2D eigenvalue weighted by Gasteiger charge is -2.22. The molecule has 0 atom stereocenters. The third-order valence-electron chi connectivity index (χ3n) is 4.44. The van der Waals surface area contributed by atoms with Crippen molar-refractivity contribution in [2.75, 3.05) is 0 Å². The first-order chi connectivity index (χ1) is 11.5. The highest BCUT2D eigenvalue weighted by Gasteiger charge is 2.27. The first-order valence-corrected chi connectivity index (χ1v) is 7.89. The molecule has 0 unspecified atom stereocenters. The van der Waals surface area contributed by atoms with Crippen LogP contribution in [0.3, 0.4) is 0 Å². The summed E-state index contributed by atoms with van der Waals surface area (Å²) in [6, 6.07) is 1.72. The van der Waals surface area contributed by atoms with E-state index in [0.717, 1.165) is 17.6 Å². The van der Waals surface area contributed by atoms with Crippen molar-refractivity contribution in [2.45, 2.75) is 26.7 Å². The van der Waals surface area contributed by atoms with E-state index in [1.165, 1.54) is 6.20 Å². The Morgan fingerprint density at radius 2 is 1.88 bits per heavy atom. The number of aromatic nitrogens is 4. The lowest BCUT2D eigenvalue weighted by molar-refractivity contribution is 0.610. The molecule has 0 saturated carbocycles. The van der Waals surface area contributed by atoms with Gasteiger partial charge in [0.25, 0.3) is 0 Å². The van der Waals surface area contributed by atoms with Gasteiger partial charge in [-0.3, -0.25) is 9.55 Å². The smallest absolute Gasteiger partial charge is 0.151 e. The molecule has 1 aromatic carbocycles. The predicted molar refractivity (Wildman–Crippen MR) is 86.4 cm³/mol. The van der Waals surface area contributed by atoms with E-state index in [1.807, 2.05) is 0 Å². The van der Waals surface area contributed by atoms with E-state index in [0.29, 0.717) is 35.5 Å². The summed E-state index contributed by atoms with van der Waals surface area (Å²) in [6.45, 7) is 3.40. The fraction of sp³-hybridized carbons (Fsp3) is 0.235. The van der Waals surface area contributed by atoms with Gasteiger partial charge in [-0.15, -0.1) is 10.2 Å². The van der Waals surface area contributed by atoms with Gasteiger partial charge in [0.15, 0.2) is 5.82 Å². The van der Waals surface area contributed by atoms with E-state index < -0.39 is 11.6 Å². The lowest BCUT2D eigenvalue weighted by atomic mass is 9.95. The van der Waals surface area contributed by atoms with Crippen molar-refractivity contribution in [1.82, 2.24) is 19.7 Å². The summed E-state index contributed by atoms with van der Waals surface area (Å²) in [5, 5.41) is 8.15. The second kappa shape index (κ2) is 5.34. The number of fused-ring (bicyclic) bond motifs is 3. The van der Waals surface area contributed by atoms with Gasteiger partial charge in [-0.25, -0.2) is 8.78 Å². The van der Waals surface area contributed by atoms with E-state index in [2.05, 4.69) is 15.2 Å². The van der Waals surface area contributed by atoms with Crippen LogP contribution in [0, 0.1) is 25.5 Å². The molecule has 24 heavy (non-hydrogen) atoms. The minimum Gasteiger partial charge on any atom is -0.281 e. The van der Waals surface area contributed by atoms with E-state index >= 15 is 0 Å². The predicted octanol–water partition coefficient (Wildman–Crippen LogP) is 3.98. The lowest BCUT2D eigenvalue weighted by Crippen LogP contribution is -2.15. The molecule has 0 fully saturated rings. The summed E-state index contributed by atoms with van der Waals surface area (Å²) in [4.78, 5) is 3.84. The summed E-state index contributed by atoms with van der Waals surface area (Å²) in [5.41, 5.74) is 2.47. The van der Waals surface area contributed by atoms with Gasteiger partial charge in [0.05, 0.1) is 11.9 Å². The van der Waals surface area contributed by atoms with Crippen LogP contribution in [0.15, 0.2) is 18.5 Å². The Balaban J connectivity index is 2.01. The third-order valence-corrected chi connectivity index (χ3v) is 4.78. The molecule has 0 N–H and O–H groups in total. The van der Waals surface area contributed by atoms with Crippen LogP contribution in [-0.2, 0) is 12.8 Å². The average Bonchev–Trinajstić information content (AvgIpc) is 2.95. The number of rotatable bonds is 1. The van der Waals surface area contributed by atoms with Crippen LogP contribution in [-0.4, -0.2) is 19.7 Å². The van der Waals surface area contributed by atoms with Gasteiger partial charge in [0, 0.05) is 23.7 Å². The SMILES string of the molecule is Cc1c(F)cncc1-c1cc2c(c(Cl)c1F)-n1c(C)nnc1CC2. The Hall–Kier alpha value is -2.34. The maximum atomic E-state index is 15.0. The van der Waals surface area contributed by atoms with Crippen molar-refractivity contribution in [2.24, 2.45) is 0 Å². The first kappa shape index (κ1) is 15.2. The van der Waals surface area contributed by atoms with Gasteiger partial charge in [-0.2, -0.15) is 0 Å². The third kappa shape index (κ3) is 2.06. The van der Waals surface area contributed by atoms with E-state index in [1.54, 1.807) is 24.5 Å². The zero-order valence-electron chi connectivity index (χ0n) is 13.1. The van der Waals surface area contributed by atoms with Crippen LogP contribution >= 0.6 is 11.6 Å². The number of hydrogen-bond acceptors (Lipinski definition) is 3. The van der Waals surface area contributed by atoms with Crippen molar-refractivity contribution in [3.05, 3.63) is 57.9 Å². The standard InChI is InChI=1S/C17H13ClF2N4/c1-8-12(6-21-7-13(8)19)11-5-10-3-4-14-23-22-9(2)24(14)17(10)15(18)16(11)20/h5-7H,3-4H2,1-2H3. The largest absolute Gasteiger partial charge is 0.281 e. The first-order valence-electron chi connectivity index (χ1n) is 7.51. The average molecular weight is 347 g/mol. The van der Waals surface area contributed by atoms with Crippen LogP contribution in [0.5, 0.6) is 0 Å². The normalized spacial score (nSPS) is 12.9. The fourth-order valence-corrected chi connectivity index (χ4v) is 3.48. The Labute approximate surface area is 142 Å². The monoisotopic (exact) mass is 346 g/mol. The van der Waals surface area contributed by atoms with Gasteiger partial charge < -0.3 is 0 Å². The van der Waals surface area contributed by atoms with E-state index in [4.69, 9.17) is 11.6 Å². The van der Waals surface area contributed by atoms with Gasteiger partial charge in [0.1, 0.15) is 22.5 Å². The molecule has 0 aliphatic carbocycles. The van der Waals surface area contributed by atoms with Crippen molar-refractivity contribution < 1.29 is 8.78 Å². The molecule has 1 aliphatic rings. The summed E-state index contributed by atoms with van der Waals surface area (Å²) in [7, 11) is 0. The zero-order valence-corrected chi connectivity index (χ0v) is 13.8. The fourth-order valence-electron chi connectivity index (χ4n) is 3.17. The second-order valence-electron chi connectivity index (χ2n) is 5.85. The van der Waals surface area contributed by atoms with Crippen LogP contribution < -0.4 is 0 Å². The number of pyridine rings is 1. The van der Waals surface area contributed by atoms with Crippen LogP contribution in [0.4, 0.5) is 8.78 Å². The molecule has 0 radical (unpaired) electrons. The molecule has 4 rings (SSSR count). The van der Waals surface area contributed by atoms with E-state index in [9.17, 15) is 8.78 Å². The minimum atomic E-state index is -0.591. The van der Waals surface area contributed by atoms with Crippen molar-refractivity contribution in [3.8, 4) is 16.8 Å². The number of nitrogens with zero attached hydrogens (tertiary/aromatic N) is 4. The van der Waals surface area contributed by atoms with Crippen molar-refractivity contribution in [1.29, 1.82) is 0 Å². The Bertz CT molecular complexity index is 981. The van der Waals surface area contributed by atoms with Crippen molar-refractivity contribution >= 4 is 11.6 Å². The molecule has 7 heteroatoms. The second-order valence-corrected chi connectivity index (χ2v) is 6.23. The van der Waals surface area contributed by atoms with Gasteiger partial charge in [-0.05, 0) is 37.5 Å². The minimum absolute atomic E-state index is 0.00462. The quantitative estimate of drug-likeness (QED) is 0.669. The van der Waals surface area contributed by atoms with Crippen molar-refractivity contribution in [3.63, 3.8) is 0 Å². The zero-order chi connectivity index (χ0) is 17.0. The van der Waals surface area contributed by atoms with Gasteiger partial charge in [-0.1, -0.05) is 11.6 Å². The highest BCUT2D eigenvalue weighted by Crippen LogP contribution is 2.39. The maximum absolute atomic E-state index is 15.0. The molecule has 0 bridgehead atoms. The van der Waals surface area contributed by atoms with E-state index in [-0.39, 0.29) is 10.6 Å². The number of halogens is 3. The van der Waals surface area contributed by atoms with Crippen LogP contribution in [0.1, 0.15) is 22.8 Å². The highest BCUT2D eigenvalue weighted by molar-refractivity contribution is 6.33. The topological polar surface area (TPSA) is 43.6 Å². The molecule has 4 nitrogen and oxygen atoms in total. The highest BCUT2D eigenvalue weighted by atomic mass is 35.5. The molecule has 122 valence electrons. The van der Waals surface area contributed by atoms with Gasteiger partial charge >= 0.3 is 0 Å². The Morgan fingerprint density at radius 1 is 1.08 bits per heavy atom. The summed E-state index contributed by atoms with van der Waals surface area (Å²) in [5.74, 6) is 0.353. The molecule has 0 spiro atoms. The molecule has 0 saturated heterocycles. The molecular weight excluding hydrogens is 334 g/mol. The molecule has 2 aromatic heterocycles. The molecule has 0 amide bonds. The summed E-state index contributed by atoms with van der Waals surface area (Å²) in [6.07, 6.45) is 3.93. The Morgan fingerprint density at radius 3 is 2.67 bits per heavy atom. The molecule has 3 heterocycles. The number of benzene rings is 1. The Kier molecular flexibility index (Phi) is 3.38. The van der Waals surface area contributed by atoms with Gasteiger partial charge in [0.2, 0.25) is 0 Å². The van der Waals surface area contributed by atoms with Crippen LogP contribution in [0.2, 0.25) is 5.02 Å².